The molecule has 0 aliphatic rings. The van der Waals surface area contributed by atoms with E-state index < -0.39 is 10.0 Å². The number of rotatable bonds is 6. The van der Waals surface area contributed by atoms with Crippen molar-refractivity contribution < 1.29 is 17.6 Å². The van der Waals surface area contributed by atoms with E-state index in [0.29, 0.717) is 17.8 Å². The molecule has 7 heteroatoms. The third kappa shape index (κ3) is 6.39. The topological polar surface area (TPSA) is 75.3 Å². The van der Waals surface area contributed by atoms with E-state index in [2.05, 4.69) is 10.0 Å². The van der Waals surface area contributed by atoms with E-state index in [1.807, 2.05) is 0 Å². The van der Waals surface area contributed by atoms with Gasteiger partial charge in [0.05, 0.1) is 6.26 Å². The van der Waals surface area contributed by atoms with Crippen molar-refractivity contribution in [3.8, 4) is 0 Å². The van der Waals surface area contributed by atoms with Gasteiger partial charge in [-0.15, -0.1) is 0 Å². The minimum absolute atomic E-state index is 0.274. The third-order valence-corrected chi connectivity index (χ3v) is 3.94. The summed E-state index contributed by atoms with van der Waals surface area (Å²) in [5, 5.41) is 2.72. The van der Waals surface area contributed by atoms with Gasteiger partial charge in [-0.05, 0) is 47.9 Å². The van der Waals surface area contributed by atoms with Crippen LogP contribution in [-0.2, 0) is 21.4 Å². The number of carbonyl (C=O) groups excluding carboxylic acids is 1. The number of aryl methyl sites for hydroxylation is 1. The molecule has 0 unspecified atom stereocenters. The van der Waals surface area contributed by atoms with Crippen molar-refractivity contribution in [1.29, 1.82) is 0 Å². The molecule has 2 aromatic rings. The number of carbonyl (C=O) groups is 1. The standard InChI is InChI=1S/C18H19FN2O3S/c1-13-11-15(5-9-17(13)19)12-20-18(22)10-6-14-3-7-16(8-4-14)21-25(2,23)24/h3-11,21H,12H2,1-2H3,(H,20,22). The van der Waals surface area contributed by atoms with Gasteiger partial charge in [0.1, 0.15) is 5.82 Å². The van der Waals surface area contributed by atoms with Gasteiger partial charge in [-0.25, -0.2) is 12.8 Å². The van der Waals surface area contributed by atoms with Crippen LogP contribution in [0.15, 0.2) is 48.5 Å². The van der Waals surface area contributed by atoms with Gasteiger partial charge in [0.15, 0.2) is 0 Å². The molecule has 2 N–H and O–H groups in total. The molecule has 0 aliphatic heterocycles. The quantitative estimate of drug-likeness (QED) is 0.776. The number of sulfonamides is 1. The lowest BCUT2D eigenvalue weighted by molar-refractivity contribution is -0.116. The number of nitrogens with one attached hydrogen (secondary N) is 2. The van der Waals surface area contributed by atoms with Crippen LogP contribution in [0, 0.1) is 12.7 Å². The summed E-state index contributed by atoms with van der Waals surface area (Å²) in [6.07, 6.45) is 4.08. The molecule has 5 nitrogen and oxygen atoms in total. The zero-order chi connectivity index (χ0) is 18.4. The van der Waals surface area contributed by atoms with Crippen molar-refractivity contribution in [3.05, 3.63) is 71.0 Å². The number of hydrogen-bond acceptors (Lipinski definition) is 3. The Labute approximate surface area is 146 Å². The molecule has 0 radical (unpaired) electrons. The van der Waals surface area contributed by atoms with Gasteiger partial charge in [0, 0.05) is 18.3 Å². The van der Waals surface area contributed by atoms with Crippen LogP contribution in [0.25, 0.3) is 6.08 Å². The van der Waals surface area contributed by atoms with Crippen LogP contribution < -0.4 is 10.0 Å². The lowest BCUT2D eigenvalue weighted by Gasteiger charge is -2.05. The number of halogens is 1. The van der Waals surface area contributed by atoms with Gasteiger partial charge in [-0.3, -0.25) is 9.52 Å². The summed E-state index contributed by atoms with van der Waals surface area (Å²) in [5.41, 5.74) is 2.56. The summed E-state index contributed by atoms with van der Waals surface area (Å²) in [6, 6.07) is 11.3. The molecule has 0 fully saturated rings. The van der Waals surface area contributed by atoms with E-state index in [1.54, 1.807) is 49.4 Å². The van der Waals surface area contributed by atoms with Crippen LogP contribution in [0.4, 0.5) is 10.1 Å². The van der Waals surface area contributed by atoms with Gasteiger partial charge in [0.2, 0.25) is 15.9 Å². The summed E-state index contributed by atoms with van der Waals surface area (Å²) in [4.78, 5) is 11.8. The van der Waals surface area contributed by atoms with Crippen molar-refractivity contribution in [2.45, 2.75) is 13.5 Å². The van der Waals surface area contributed by atoms with Crippen molar-refractivity contribution in [3.63, 3.8) is 0 Å². The normalized spacial score (nSPS) is 11.5. The number of anilines is 1. The van der Waals surface area contributed by atoms with Gasteiger partial charge in [0.25, 0.3) is 0 Å². The van der Waals surface area contributed by atoms with Crippen molar-refractivity contribution >= 4 is 27.7 Å². The van der Waals surface area contributed by atoms with E-state index in [1.165, 1.54) is 12.1 Å². The van der Waals surface area contributed by atoms with Crippen LogP contribution in [0.2, 0.25) is 0 Å². The van der Waals surface area contributed by atoms with Gasteiger partial charge in [-0.2, -0.15) is 0 Å². The van der Waals surface area contributed by atoms with Crippen LogP contribution in [-0.4, -0.2) is 20.6 Å². The Balaban J connectivity index is 1.90. The number of hydrogen-bond donors (Lipinski definition) is 2. The fourth-order valence-electron chi connectivity index (χ4n) is 2.11. The zero-order valence-corrected chi connectivity index (χ0v) is 14.7. The molecule has 2 aromatic carbocycles. The Bertz CT molecular complexity index is 891. The van der Waals surface area contributed by atoms with Crippen LogP contribution in [0.1, 0.15) is 16.7 Å². The van der Waals surface area contributed by atoms with E-state index >= 15 is 0 Å². The Morgan fingerprint density at radius 2 is 1.84 bits per heavy atom. The first-order valence-corrected chi connectivity index (χ1v) is 9.41. The van der Waals surface area contributed by atoms with Crippen molar-refractivity contribution in [2.75, 3.05) is 11.0 Å². The maximum atomic E-state index is 13.2. The molecule has 0 aromatic heterocycles. The molecule has 1 amide bonds. The highest BCUT2D eigenvalue weighted by molar-refractivity contribution is 7.92. The minimum Gasteiger partial charge on any atom is -0.348 e. The Kier molecular flexibility index (Phi) is 5.93. The molecule has 0 atom stereocenters. The predicted molar refractivity (Wildman–Crippen MR) is 96.9 cm³/mol. The minimum atomic E-state index is -3.31. The fraction of sp³-hybridized carbons (Fsp3) is 0.167. The predicted octanol–water partition coefficient (Wildman–Crippen LogP) is 2.84. The highest BCUT2D eigenvalue weighted by Gasteiger charge is 2.02. The molecule has 0 bridgehead atoms. The lowest BCUT2D eigenvalue weighted by Crippen LogP contribution is -2.20. The monoisotopic (exact) mass is 362 g/mol. The van der Waals surface area contributed by atoms with Crippen LogP contribution in [0.3, 0.4) is 0 Å². The summed E-state index contributed by atoms with van der Waals surface area (Å²) >= 11 is 0. The number of amides is 1. The van der Waals surface area contributed by atoms with Crippen LogP contribution >= 0.6 is 0 Å². The smallest absolute Gasteiger partial charge is 0.244 e. The van der Waals surface area contributed by atoms with Gasteiger partial charge in [-0.1, -0.05) is 24.3 Å². The second-order valence-corrected chi connectivity index (χ2v) is 7.38. The first kappa shape index (κ1) is 18.7. The maximum Gasteiger partial charge on any atom is 0.244 e. The second-order valence-electron chi connectivity index (χ2n) is 5.63. The first-order chi connectivity index (χ1) is 11.7. The molecule has 2 rings (SSSR count). The molecule has 0 saturated heterocycles. The Morgan fingerprint density at radius 1 is 1.16 bits per heavy atom. The summed E-state index contributed by atoms with van der Waals surface area (Å²) in [5.74, 6) is -0.552. The van der Waals surface area contributed by atoms with Gasteiger partial charge < -0.3 is 5.32 Å². The van der Waals surface area contributed by atoms with Gasteiger partial charge >= 0.3 is 0 Å². The lowest BCUT2D eigenvalue weighted by atomic mass is 10.1. The largest absolute Gasteiger partial charge is 0.348 e. The van der Waals surface area contributed by atoms with E-state index in [9.17, 15) is 17.6 Å². The fourth-order valence-corrected chi connectivity index (χ4v) is 2.68. The summed E-state index contributed by atoms with van der Waals surface area (Å²) < 4.78 is 37.8. The van der Waals surface area contributed by atoms with Crippen molar-refractivity contribution in [1.82, 2.24) is 5.32 Å². The van der Waals surface area contributed by atoms with Crippen LogP contribution in [0.5, 0.6) is 0 Å². The maximum absolute atomic E-state index is 13.2. The molecule has 0 aliphatic carbocycles. The molecule has 0 heterocycles. The SMILES string of the molecule is Cc1cc(CNC(=O)C=Cc2ccc(NS(C)(=O)=O)cc2)ccc1F. The zero-order valence-electron chi connectivity index (χ0n) is 13.9. The number of benzene rings is 2. The third-order valence-electron chi connectivity index (χ3n) is 3.33. The highest BCUT2D eigenvalue weighted by atomic mass is 32.2. The summed E-state index contributed by atoms with van der Waals surface area (Å²) in [7, 11) is -3.31. The highest BCUT2D eigenvalue weighted by Crippen LogP contribution is 2.12. The molecule has 132 valence electrons. The Hall–Kier alpha value is -2.67. The average molecular weight is 362 g/mol. The van der Waals surface area contributed by atoms with Crippen molar-refractivity contribution in [2.24, 2.45) is 0 Å². The average Bonchev–Trinajstić information content (AvgIpc) is 2.54. The molecule has 25 heavy (non-hydrogen) atoms. The Morgan fingerprint density at radius 3 is 2.44 bits per heavy atom. The second kappa shape index (κ2) is 7.94. The summed E-state index contributed by atoms with van der Waals surface area (Å²) in [6.45, 7) is 1.98. The first-order valence-electron chi connectivity index (χ1n) is 7.52. The molecule has 0 spiro atoms. The molecular weight excluding hydrogens is 343 g/mol. The van der Waals surface area contributed by atoms with E-state index in [-0.39, 0.29) is 11.7 Å². The van der Waals surface area contributed by atoms with E-state index in [4.69, 9.17) is 0 Å². The van der Waals surface area contributed by atoms with E-state index in [0.717, 1.165) is 17.4 Å². The molecule has 0 saturated carbocycles. The molecular formula is C18H19FN2O3S.